The Morgan fingerprint density at radius 1 is 1.23 bits per heavy atom. The van der Waals surface area contributed by atoms with Crippen LogP contribution in [0, 0.1) is 0 Å². The van der Waals surface area contributed by atoms with Crippen LogP contribution in [0.15, 0.2) is 58.3 Å². The maximum absolute atomic E-state index is 13.2. The standard InChI is InChI=1S/C21H24N4O4S2/c1-2-24-20(18-9-6-11-29-18)22-23-21(24)30-14-19(26)25(13-16-7-4-3-5-8-16)17-10-12-31(27,28)15-17/h3-9,11,17H,2,10,12-15H2,1H3/t17-/m0/s1. The molecule has 1 aliphatic rings. The molecule has 1 aromatic carbocycles. The van der Waals surface area contributed by atoms with Crippen LogP contribution in [0.4, 0.5) is 0 Å². The molecule has 2 aromatic heterocycles. The zero-order valence-electron chi connectivity index (χ0n) is 17.2. The fraction of sp³-hybridized carbons (Fsp3) is 0.381. The summed E-state index contributed by atoms with van der Waals surface area (Å²) in [6.45, 7) is 3.00. The molecule has 1 atom stereocenters. The summed E-state index contributed by atoms with van der Waals surface area (Å²) in [5, 5.41) is 9.06. The van der Waals surface area contributed by atoms with Crippen LogP contribution in [0.1, 0.15) is 18.9 Å². The molecule has 0 unspecified atom stereocenters. The topological polar surface area (TPSA) is 98.3 Å². The lowest BCUT2D eigenvalue weighted by molar-refractivity contribution is -0.130. The summed E-state index contributed by atoms with van der Waals surface area (Å²) >= 11 is 1.30. The van der Waals surface area contributed by atoms with Crippen molar-refractivity contribution in [2.75, 3.05) is 17.3 Å². The number of carbonyl (C=O) groups is 1. The predicted molar refractivity (Wildman–Crippen MR) is 118 cm³/mol. The molecule has 0 saturated carbocycles. The van der Waals surface area contributed by atoms with Gasteiger partial charge in [0.15, 0.2) is 26.6 Å². The largest absolute Gasteiger partial charge is 0.461 e. The number of nitrogens with zero attached hydrogens (tertiary/aromatic N) is 4. The van der Waals surface area contributed by atoms with Crippen LogP contribution in [0.3, 0.4) is 0 Å². The lowest BCUT2D eigenvalue weighted by atomic mass is 10.1. The van der Waals surface area contributed by atoms with Crippen LogP contribution in [-0.4, -0.2) is 57.3 Å². The lowest BCUT2D eigenvalue weighted by Gasteiger charge is -2.28. The third-order valence-electron chi connectivity index (χ3n) is 5.26. The highest BCUT2D eigenvalue weighted by Gasteiger charge is 2.34. The highest BCUT2D eigenvalue weighted by Crippen LogP contribution is 2.26. The van der Waals surface area contributed by atoms with Gasteiger partial charge in [0.25, 0.3) is 0 Å². The average molecular weight is 461 g/mol. The van der Waals surface area contributed by atoms with Gasteiger partial charge in [0.1, 0.15) is 0 Å². The van der Waals surface area contributed by atoms with Crippen LogP contribution in [0.25, 0.3) is 11.6 Å². The lowest BCUT2D eigenvalue weighted by Crippen LogP contribution is -2.41. The van der Waals surface area contributed by atoms with Gasteiger partial charge in [-0.1, -0.05) is 42.1 Å². The van der Waals surface area contributed by atoms with E-state index in [1.807, 2.05) is 47.9 Å². The molecule has 10 heteroatoms. The van der Waals surface area contributed by atoms with Crippen LogP contribution >= 0.6 is 11.8 Å². The van der Waals surface area contributed by atoms with Crippen molar-refractivity contribution in [3.05, 3.63) is 54.3 Å². The Labute approximate surface area is 185 Å². The summed E-state index contributed by atoms with van der Waals surface area (Å²) in [4.78, 5) is 14.9. The van der Waals surface area contributed by atoms with Crippen LogP contribution in [0.2, 0.25) is 0 Å². The Kier molecular flexibility index (Phi) is 6.47. The molecule has 0 radical (unpaired) electrons. The smallest absolute Gasteiger partial charge is 0.233 e. The van der Waals surface area contributed by atoms with E-state index in [9.17, 15) is 13.2 Å². The first kappa shape index (κ1) is 21.6. The first-order valence-electron chi connectivity index (χ1n) is 10.1. The van der Waals surface area contributed by atoms with Crippen molar-refractivity contribution < 1.29 is 17.6 Å². The van der Waals surface area contributed by atoms with Gasteiger partial charge in [0.2, 0.25) is 5.91 Å². The van der Waals surface area contributed by atoms with E-state index in [0.717, 1.165) is 5.56 Å². The van der Waals surface area contributed by atoms with Gasteiger partial charge in [-0.3, -0.25) is 9.36 Å². The Hall–Kier alpha value is -2.59. The van der Waals surface area contributed by atoms with Crippen LogP contribution in [0.5, 0.6) is 0 Å². The fourth-order valence-electron chi connectivity index (χ4n) is 3.70. The van der Waals surface area contributed by atoms with Gasteiger partial charge in [-0.25, -0.2) is 8.42 Å². The summed E-state index contributed by atoms with van der Waals surface area (Å²) in [6, 6.07) is 12.9. The predicted octanol–water partition coefficient (Wildman–Crippen LogP) is 2.87. The number of amides is 1. The molecule has 3 heterocycles. The van der Waals surface area contributed by atoms with Crippen molar-refractivity contribution in [3.63, 3.8) is 0 Å². The van der Waals surface area contributed by atoms with Crippen molar-refractivity contribution in [2.45, 2.75) is 37.6 Å². The SMILES string of the molecule is CCn1c(SCC(=O)N(Cc2ccccc2)[C@H]2CCS(=O)(=O)C2)nnc1-c1ccco1. The monoisotopic (exact) mass is 460 g/mol. The number of hydrogen-bond acceptors (Lipinski definition) is 7. The molecule has 0 aliphatic carbocycles. The van der Waals surface area contributed by atoms with E-state index in [1.165, 1.54) is 11.8 Å². The van der Waals surface area contributed by atoms with E-state index in [2.05, 4.69) is 10.2 Å². The Morgan fingerprint density at radius 2 is 2.03 bits per heavy atom. The first-order valence-corrected chi connectivity index (χ1v) is 12.9. The van der Waals surface area contributed by atoms with Crippen molar-refractivity contribution >= 4 is 27.5 Å². The average Bonchev–Trinajstić information content (AvgIpc) is 3.50. The third kappa shape index (κ3) is 5.01. The van der Waals surface area contributed by atoms with E-state index in [4.69, 9.17) is 4.42 Å². The number of aromatic nitrogens is 3. The van der Waals surface area contributed by atoms with Crippen molar-refractivity contribution in [1.82, 2.24) is 19.7 Å². The van der Waals surface area contributed by atoms with Crippen molar-refractivity contribution in [2.24, 2.45) is 0 Å². The number of hydrogen-bond donors (Lipinski definition) is 0. The molecule has 1 aliphatic heterocycles. The summed E-state index contributed by atoms with van der Waals surface area (Å²) in [5.41, 5.74) is 0.974. The Bertz CT molecular complexity index is 1130. The molecule has 0 bridgehead atoms. The van der Waals surface area contributed by atoms with E-state index < -0.39 is 9.84 Å². The molecule has 4 rings (SSSR count). The van der Waals surface area contributed by atoms with Crippen LogP contribution < -0.4 is 0 Å². The fourth-order valence-corrected chi connectivity index (χ4v) is 6.32. The molecule has 1 fully saturated rings. The van der Waals surface area contributed by atoms with Gasteiger partial charge in [0, 0.05) is 19.1 Å². The van der Waals surface area contributed by atoms with Crippen molar-refractivity contribution in [3.8, 4) is 11.6 Å². The van der Waals surface area contributed by atoms with Gasteiger partial charge in [-0.15, -0.1) is 10.2 Å². The minimum absolute atomic E-state index is 0.0179. The second-order valence-electron chi connectivity index (χ2n) is 7.38. The zero-order valence-corrected chi connectivity index (χ0v) is 18.8. The molecular weight excluding hydrogens is 436 g/mol. The Balaban J connectivity index is 1.50. The quantitative estimate of drug-likeness (QED) is 0.477. The van der Waals surface area contributed by atoms with Gasteiger partial charge in [0.05, 0.1) is 23.5 Å². The normalized spacial score (nSPS) is 17.6. The highest BCUT2D eigenvalue weighted by molar-refractivity contribution is 7.99. The summed E-state index contributed by atoms with van der Waals surface area (Å²) in [7, 11) is -3.10. The van der Waals surface area contributed by atoms with E-state index in [1.54, 1.807) is 17.2 Å². The summed E-state index contributed by atoms with van der Waals surface area (Å²) in [5.74, 6) is 1.42. The van der Waals surface area contributed by atoms with Crippen LogP contribution in [-0.2, 0) is 27.7 Å². The molecular formula is C21H24N4O4S2. The molecule has 3 aromatic rings. The molecule has 31 heavy (non-hydrogen) atoms. The maximum atomic E-state index is 13.2. The molecule has 0 spiro atoms. The second kappa shape index (κ2) is 9.27. The highest BCUT2D eigenvalue weighted by atomic mass is 32.2. The van der Waals surface area contributed by atoms with E-state index >= 15 is 0 Å². The first-order chi connectivity index (χ1) is 15.0. The number of rotatable bonds is 8. The Morgan fingerprint density at radius 3 is 2.68 bits per heavy atom. The molecule has 1 amide bonds. The molecule has 1 saturated heterocycles. The number of carbonyl (C=O) groups excluding carboxylic acids is 1. The minimum atomic E-state index is -3.10. The van der Waals surface area contributed by atoms with Crippen molar-refractivity contribution in [1.29, 1.82) is 0 Å². The molecule has 8 nitrogen and oxygen atoms in total. The third-order valence-corrected chi connectivity index (χ3v) is 7.97. The second-order valence-corrected chi connectivity index (χ2v) is 10.6. The van der Waals surface area contributed by atoms with Gasteiger partial charge >= 0.3 is 0 Å². The maximum Gasteiger partial charge on any atom is 0.233 e. The number of thioether (sulfide) groups is 1. The van der Waals surface area contributed by atoms with Gasteiger partial charge in [-0.2, -0.15) is 0 Å². The summed E-state index contributed by atoms with van der Waals surface area (Å²) < 4.78 is 31.4. The van der Waals surface area contributed by atoms with Gasteiger partial charge in [-0.05, 0) is 31.0 Å². The molecule has 0 N–H and O–H groups in total. The van der Waals surface area contributed by atoms with E-state index in [0.29, 0.717) is 36.3 Å². The number of furan rings is 1. The minimum Gasteiger partial charge on any atom is -0.461 e. The number of benzene rings is 1. The molecule has 164 valence electrons. The zero-order chi connectivity index (χ0) is 21.8. The number of sulfone groups is 1. The van der Waals surface area contributed by atoms with Gasteiger partial charge < -0.3 is 9.32 Å². The summed E-state index contributed by atoms with van der Waals surface area (Å²) in [6.07, 6.45) is 2.05. The van der Waals surface area contributed by atoms with E-state index in [-0.39, 0.29) is 29.2 Å².